The molecule has 0 aliphatic heterocycles. The lowest BCUT2D eigenvalue weighted by molar-refractivity contribution is -0.122. The standard InChI is InChI=1S/C17H29N3O/c1-5-8-16(18)17(21)19-11-14-9-6-7-10-15(14)12-20(4)13(2)3/h6-7,9-10,13,16H,5,8,11-12,18H2,1-4H3,(H,19,21). The van der Waals surface area contributed by atoms with E-state index in [-0.39, 0.29) is 5.91 Å². The van der Waals surface area contributed by atoms with Crippen LogP contribution in [0.15, 0.2) is 24.3 Å². The number of rotatable bonds is 8. The number of carbonyl (C=O) groups is 1. The molecule has 4 heteroatoms. The van der Waals surface area contributed by atoms with E-state index in [1.165, 1.54) is 5.56 Å². The molecule has 1 rings (SSSR count). The van der Waals surface area contributed by atoms with Crippen molar-refractivity contribution in [2.45, 2.75) is 58.8 Å². The molecule has 0 bridgehead atoms. The second-order valence-corrected chi connectivity index (χ2v) is 5.89. The third kappa shape index (κ3) is 5.86. The predicted octanol–water partition coefficient (Wildman–Crippen LogP) is 2.27. The number of hydrogen-bond donors (Lipinski definition) is 2. The highest BCUT2D eigenvalue weighted by atomic mass is 16.2. The van der Waals surface area contributed by atoms with Crippen molar-refractivity contribution < 1.29 is 4.79 Å². The maximum Gasteiger partial charge on any atom is 0.237 e. The van der Waals surface area contributed by atoms with Crippen molar-refractivity contribution >= 4 is 5.91 Å². The number of nitrogens with zero attached hydrogens (tertiary/aromatic N) is 1. The van der Waals surface area contributed by atoms with Crippen molar-refractivity contribution in [3.8, 4) is 0 Å². The fourth-order valence-electron chi connectivity index (χ4n) is 2.09. The minimum Gasteiger partial charge on any atom is -0.351 e. The van der Waals surface area contributed by atoms with E-state index in [9.17, 15) is 4.79 Å². The first-order chi connectivity index (χ1) is 9.95. The Morgan fingerprint density at radius 2 is 1.90 bits per heavy atom. The molecule has 0 saturated carbocycles. The van der Waals surface area contributed by atoms with Crippen LogP contribution in [0, 0.1) is 0 Å². The van der Waals surface area contributed by atoms with Gasteiger partial charge in [0.05, 0.1) is 6.04 Å². The van der Waals surface area contributed by atoms with E-state index in [4.69, 9.17) is 5.73 Å². The topological polar surface area (TPSA) is 58.4 Å². The Labute approximate surface area is 128 Å². The highest BCUT2D eigenvalue weighted by Gasteiger charge is 2.13. The Bertz CT molecular complexity index is 445. The highest BCUT2D eigenvalue weighted by Crippen LogP contribution is 2.12. The lowest BCUT2D eigenvalue weighted by Crippen LogP contribution is -2.40. The average Bonchev–Trinajstić information content (AvgIpc) is 2.46. The average molecular weight is 291 g/mol. The molecule has 1 unspecified atom stereocenters. The minimum atomic E-state index is -0.402. The molecule has 0 heterocycles. The first-order valence-electron chi connectivity index (χ1n) is 7.76. The molecule has 0 aliphatic carbocycles. The fraction of sp³-hybridized carbons (Fsp3) is 0.588. The van der Waals surface area contributed by atoms with Crippen LogP contribution in [0.25, 0.3) is 0 Å². The molecular weight excluding hydrogens is 262 g/mol. The second-order valence-electron chi connectivity index (χ2n) is 5.89. The van der Waals surface area contributed by atoms with Gasteiger partial charge in [-0.2, -0.15) is 0 Å². The maximum absolute atomic E-state index is 11.9. The number of nitrogens with two attached hydrogens (primary N) is 1. The van der Waals surface area contributed by atoms with Gasteiger partial charge in [-0.05, 0) is 38.4 Å². The van der Waals surface area contributed by atoms with Gasteiger partial charge < -0.3 is 11.1 Å². The van der Waals surface area contributed by atoms with Crippen LogP contribution >= 0.6 is 0 Å². The Morgan fingerprint density at radius 3 is 2.48 bits per heavy atom. The van der Waals surface area contributed by atoms with Gasteiger partial charge >= 0.3 is 0 Å². The predicted molar refractivity (Wildman–Crippen MR) is 87.8 cm³/mol. The SMILES string of the molecule is CCCC(N)C(=O)NCc1ccccc1CN(C)C(C)C. The van der Waals surface area contributed by atoms with Crippen molar-refractivity contribution in [2.24, 2.45) is 5.73 Å². The van der Waals surface area contributed by atoms with Gasteiger partial charge in [0, 0.05) is 19.1 Å². The summed E-state index contributed by atoms with van der Waals surface area (Å²) < 4.78 is 0. The molecule has 118 valence electrons. The zero-order chi connectivity index (χ0) is 15.8. The molecule has 0 aliphatic rings. The van der Waals surface area contributed by atoms with Gasteiger partial charge in [0.25, 0.3) is 0 Å². The van der Waals surface area contributed by atoms with Crippen LogP contribution in [0.3, 0.4) is 0 Å². The van der Waals surface area contributed by atoms with E-state index in [0.29, 0.717) is 12.6 Å². The summed E-state index contributed by atoms with van der Waals surface area (Å²) in [5, 5.41) is 2.94. The molecule has 0 saturated heterocycles. The molecular formula is C17H29N3O. The van der Waals surface area contributed by atoms with Gasteiger partial charge in [0.1, 0.15) is 0 Å². The molecule has 0 fully saturated rings. The van der Waals surface area contributed by atoms with Crippen LogP contribution in [0.5, 0.6) is 0 Å². The van der Waals surface area contributed by atoms with Crippen LogP contribution in [-0.4, -0.2) is 29.9 Å². The monoisotopic (exact) mass is 291 g/mol. The van der Waals surface area contributed by atoms with Crippen LogP contribution in [-0.2, 0) is 17.9 Å². The number of amides is 1. The van der Waals surface area contributed by atoms with Crippen LogP contribution < -0.4 is 11.1 Å². The molecule has 21 heavy (non-hydrogen) atoms. The van der Waals surface area contributed by atoms with Crippen molar-refractivity contribution in [1.29, 1.82) is 0 Å². The van der Waals surface area contributed by atoms with E-state index >= 15 is 0 Å². The van der Waals surface area contributed by atoms with Gasteiger partial charge in [-0.25, -0.2) is 0 Å². The number of carbonyl (C=O) groups excluding carboxylic acids is 1. The maximum atomic E-state index is 11.9. The van der Waals surface area contributed by atoms with E-state index in [0.717, 1.165) is 24.9 Å². The molecule has 1 amide bonds. The Balaban J connectivity index is 2.65. The summed E-state index contributed by atoms with van der Waals surface area (Å²) in [5.41, 5.74) is 8.23. The van der Waals surface area contributed by atoms with E-state index in [1.807, 2.05) is 19.1 Å². The van der Waals surface area contributed by atoms with Crippen molar-refractivity contribution in [2.75, 3.05) is 7.05 Å². The van der Waals surface area contributed by atoms with Gasteiger partial charge in [0.2, 0.25) is 5.91 Å². The molecule has 1 aromatic carbocycles. The summed E-state index contributed by atoms with van der Waals surface area (Å²) in [5.74, 6) is -0.0659. The lowest BCUT2D eigenvalue weighted by atomic mass is 10.1. The van der Waals surface area contributed by atoms with Gasteiger partial charge in [0.15, 0.2) is 0 Å². The largest absolute Gasteiger partial charge is 0.351 e. The Kier molecular flexibility index (Phi) is 7.40. The summed E-state index contributed by atoms with van der Waals surface area (Å²) in [6.07, 6.45) is 1.65. The van der Waals surface area contributed by atoms with E-state index in [1.54, 1.807) is 0 Å². The van der Waals surface area contributed by atoms with Crippen molar-refractivity contribution in [3.63, 3.8) is 0 Å². The van der Waals surface area contributed by atoms with Crippen molar-refractivity contribution in [3.05, 3.63) is 35.4 Å². The third-order valence-electron chi connectivity index (χ3n) is 3.81. The summed E-state index contributed by atoms with van der Waals surface area (Å²) >= 11 is 0. The molecule has 1 aromatic rings. The zero-order valence-electron chi connectivity index (χ0n) is 13.7. The highest BCUT2D eigenvalue weighted by molar-refractivity contribution is 5.81. The van der Waals surface area contributed by atoms with Crippen LogP contribution in [0.4, 0.5) is 0 Å². The smallest absolute Gasteiger partial charge is 0.237 e. The number of nitrogens with one attached hydrogen (secondary N) is 1. The molecule has 4 nitrogen and oxygen atoms in total. The van der Waals surface area contributed by atoms with Gasteiger partial charge in [-0.3, -0.25) is 9.69 Å². The van der Waals surface area contributed by atoms with Crippen molar-refractivity contribution in [1.82, 2.24) is 10.2 Å². The molecule has 3 N–H and O–H groups in total. The van der Waals surface area contributed by atoms with Crippen LogP contribution in [0.1, 0.15) is 44.7 Å². The Hall–Kier alpha value is -1.39. The molecule has 0 aromatic heterocycles. The van der Waals surface area contributed by atoms with Crippen LogP contribution in [0.2, 0.25) is 0 Å². The fourth-order valence-corrected chi connectivity index (χ4v) is 2.09. The zero-order valence-corrected chi connectivity index (χ0v) is 13.7. The number of hydrogen-bond acceptors (Lipinski definition) is 3. The van der Waals surface area contributed by atoms with E-state index < -0.39 is 6.04 Å². The molecule has 0 spiro atoms. The molecule has 1 atom stereocenters. The summed E-state index contributed by atoms with van der Waals surface area (Å²) in [7, 11) is 2.11. The second kappa shape index (κ2) is 8.80. The Morgan fingerprint density at radius 1 is 1.29 bits per heavy atom. The quantitative estimate of drug-likeness (QED) is 0.772. The minimum absolute atomic E-state index is 0.0659. The normalized spacial score (nSPS) is 12.7. The number of benzene rings is 1. The van der Waals surface area contributed by atoms with E-state index in [2.05, 4.69) is 43.2 Å². The summed E-state index contributed by atoms with van der Waals surface area (Å²) in [4.78, 5) is 14.2. The molecule has 0 radical (unpaired) electrons. The summed E-state index contributed by atoms with van der Waals surface area (Å²) in [6.45, 7) is 7.80. The first kappa shape index (κ1) is 17.7. The first-order valence-corrected chi connectivity index (χ1v) is 7.76. The van der Waals surface area contributed by atoms with Gasteiger partial charge in [-0.15, -0.1) is 0 Å². The lowest BCUT2D eigenvalue weighted by Gasteiger charge is -2.22. The third-order valence-corrected chi connectivity index (χ3v) is 3.81. The summed E-state index contributed by atoms with van der Waals surface area (Å²) in [6, 6.07) is 8.32. The van der Waals surface area contributed by atoms with Gasteiger partial charge in [-0.1, -0.05) is 37.6 Å².